The Bertz CT molecular complexity index is 1000. The van der Waals surface area contributed by atoms with Crippen molar-refractivity contribution in [2.24, 2.45) is 4.99 Å². The Balaban J connectivity index is 0.00000289. The molecule has 1 amide bonds. The average molecular weight is 552 g/mol. The first-order valence-corrected chi connectivity index (χ1v) is 10.8. The summed E-state index contributed by atoms with van der Waals surface area (Å²) in [6.45, 7) is 9.05. The third-order valence-electron chi connectivity index (χ3n) is 5.54. The zero-order chi connectivity index (χ0) is 22.2. The smallest absolute Gasteiger partial charge is 0.410 e. The maximum Gasteiger partial charge on any atom is 0.410 e. The van der Waals surface area contributed by atoms with Crippen molar-refractivity contribution < 1.29 is 9.53 Å². The molecule has 0 spiro atoms. The van der Waals surface area contributed by atoms with Gasteiger partial charge in [0.2, 0.25) is 0 Å². The number of hydrogen-bond acceptors (Lipinski definition) is 7. The van der Waals surface area contributed by atoms with E-state index in [1.807, 2.05) is 58.0 Å². The number of para-hydroxylation sites is 1. The normalized spacial score (nSPS) is 18.0. The van der Waals surface area contributed by atoms with Gasteiger partial charge in [0.05, 0.1) is 18.1 Å². The molecule has 4 rings (SSSR count). The molecule has 1 N–H and O–H groups in total. The van der Waals surface area contributed by atoms with Gasteiger partial charge in [-0.3, -0.25) is 4.99 Å². The fraction of sp³-hybridized carbons (Fsp3) is 0.522. The highest BCUT2D eigenvalue weighted by Gasteiger charge is 2.36. The Labute approximate surface area is 207 Å². The van der Waals surface area contributed by atoms with Crippen molar-refractivity contribution in [3.05, 3.63) is 35.9 Å². The number of aliphatic imine (C=N–C) groups is 1. The molecular formula is C23H33IN6O2. The van der Waals surface area contributed by atoms with E-state index < -0.39 is 5.60 Å². The Morgan fingerprint density at radius 2 is 2.00 bits per heavy atom. The number of guanidine groups is 1. The molecule has 2 aliphatic heterocycles. The summed E-state index contributed by atoms with van der Waals surface area (Å²) in [6, 6.07) is 10.5. The van der Waals surface area contributed by atoms with Crippen LogP contribution in [0.15, 0.2) is 35.3 Å². The van der Waals surface area contributed by atoms with Gasteiger partial charge in [-0.05, 0) is 38.5 Å². The molecule has 174 valence electrons. The molecule has 2 aliphatic rings. The van der Waals surface area contributed by atoms with Gasteiger partial charge in [-0.2, -0.15) is 0 Å². The lowest BCUT2D eigenvalue weighted by molar-refractivity contribution is 0.0137. The van der Waals surface area contributed by atoms with E-state index in [9.17, 15) is 4.79 Å². The van der Waals surface area contributed by atoms with Crippen molar-refractivity contribution in [3.63, 3.8) is 0 Å². The minimum absolute atomic E-state index is 0. The number of carbonyl (C=O) groups excluding carboxylic acids is 1. The molecule has 1 saturated heterocycles. The van der Waals surface area contributed by atoms with Crippen LogP contribution < -0.4 is 10.2 Å². The number of nitrogens with zero attached hydrogens (tertiary/aromatic N) is 5. The van der Waals surface area contributed by atoms with Crippen LogP contribution in [0.5, 0.6) is 0 Å². The third-order valence-corrected chi connectivity index (χ3v) is 5.54. The van der Waals surface area contributed by atoms with Crippen LogP contribution in [-0.4, -0.2) is 78.8 Å². The summed E-state index contributed by atoms with van der Waals surface area (Å²) in [5.41, 5.74) is 1.70. The number of fused-ring (bicyclic) bond motifs is 2. The summed E-state index contributed by atoms with van der Waals surface area (Å²) in [6.07, 6.45) is -0.243. The molecular weight excluding hydrogens is 519 g/mol. The van der Waals surface area contributed by atoms with Crippen LogP contribution in [0.4, 0.5) is 10.6 Å². The SMILES string of the molecule is CN(C)c1cc(CNC2=NCC3CN(C(=O)OC(C)(C)C)CCN23)c2ccccc2n1.I. The first-order valence-electron chi connectivity index (χ1n) is 10.8. The standard InChI is InChI=1S/C23H32N6O2.HI/c1-23(2,3)31-22(30)28-10-11-29-17(15-28)14-25-21(29)24-13-16-12-20(27(4)5)26-19-9-7-6-8-18(16)19;/h6-9,12,17H,10-11,13-15H2,1-5H3,(H,24,25);1H. The second-order valence-electron chi connectivity index (χ2n) is 9.34. The summed E-state index contributed by atoms with van der Waals surface area (Å²) < 4.78 is 5.53. The fourth-order valence-corrected chi connectivity index (χ4v) is 4.00. The van der Waals surface area contributed by atoms with Crippen LogP contribution in [0.25, 0.3) is 10.9 Å². The summed E-state index contributed by atoms with van der Waals surface area (Å²) in [7, 11) is 4.01. The number of hydrogen-bond donors (Lipinski definition) is 1. The van der Waals surface area contributed by atoms with E-state index in [0.717, 1.165) is 29.2 Å². The van der Waals surface area contributed by atoms with E-state index in [0.29, 0.717) is 26.2 Å². The van der Waals surface area contributed by atoms with Gasteiger partial charge >= 0.3 is 6.09 Å². The molecule has 32 heavy (non-hydrogen) atoms. The zero-order valence-electron chi connectivity index (χ0n) is 19.5. The van der Waals surface area contributed by atoms with E-state index in [-0.39, 0.29) is 36.1 Å². The largest absolute Gasteiger partial charge is 0.444 e. The number of benzene rings is 1. The Hall–Kier alpha value is -2.30. The molecule has 2 aromatic rings. The van der Waals surface area contributed by atoms with Crippen LogP contribution >= 0.6 is 24.0 Å². The van der Waals surface area contributed by atoms with Gasteiger partial charge in [-0.25, -0.2) is 9.78 Å². The highest BCUT2D eigenvalue weighted by molar-refractivity contribution is 14.0. The van der Waals surface area contributed by atoms with Crippen molar-refractivity contribution in [2.45, 2.75) is 39.0 Å². The Morgan fingerprint density at radius 1 is 1.25 bits per heavy atom. The highest BCUT2D eigenvalue weighted by Crippen LogP contribution is 2.23. The minimum Gasteiger partial charge on any atom is -0.444 e. The minimum atomic E-state index is -0.480. The molecule has 1 fully saturated rings. The molecule has 0 radical (unpaired) electrons. The number of piperazine rings is 1. The van der Waals surface area contributed by atoms with Crippen LogP contribution in [0.1, 0.15) is 26.3 Å². The number of halogens is 1. The molecule has 9 heteroatoms. The lowest BCUT2D eigenvalue weighted by atomic mass is 10.1. The lowest BCUT2D eigenvalue weighted by Gasteiger charge is -2.39. The number of aromatic nitrogens is 1. The van der Waals surface area contributed by atoms with Gasteiger partial charge in [-0.1, -0.05) is 18.2 Å². The quantitative estimate of drug-likeness (QED) is 0.590. The van der Waals surface area contributed by atoms with Crippen LogP contribution in [0.3, 0.4) is 0 Å². The van der Waals surface area contributed by atoms with Gasteiger partial charge < -0.3 is 24.8 Å². The number of ether oxygens (including phenoxy) is 1. The summed E-state index contributed by atoms with van der Waals surface area (Å²) in [5, 5.41) is 4.68. The maximum absolute atomic E-state index is 12.4. The van der Waals surface area contributed by atoms with Crippen molar-refractivity contribution in [1.82, 2.24) is 20.1 Å². The van der Waals surface area contributed by atoms with Crippen LogP contribution in [0.2, 0.25) is 0 Å². The van der Waals surface area contributed by atoms with E-state index in [4.69, 9.17) is 14.7 Å². The van der Waals surface area contributed by atoms with E-state index in [1.54, 1.807) is 4.90 Å². The molecule has 3 heterocycles. The Morgan fingerprint density at radius 3 is 2.72 bits per heavy atom. The van der Waals surface area contributed by atoms with Gasteiger partial charge in [-0.15, -0.1) is 24.0 Å². The molecule has 1 atom stereocenters. The summed E-state index contributed by atoms with van der Waals surface area (Å²) in [4.78, 5) is 28.0. The molecule has 0 bridgehead atoms. The second kappa shape index (κ2) is 9.68. The number of amides is 1. The maximum atomic E-state index is 12.4. The van der Waals surface area contributed by atoms with E-state index in [2.05, 4.69) is 22.3 Å². The van der Waals surface area contributed by atoms with Gasteiger partial charge in [0.25, 0.3) is 0 Å². The average Bonchev–Trinajstić information content (AvgIpc) is 3.12. The van der Waals surface area contributed by atoms with Crippen molar-refractivity contribution in [3.8, 4) is 0 Å². The van der Waals surface area contributed by atoms with Crippen LogP contribution in [-0.2, 0) is 11.3 Å². The van der Waals surface area contributed by atoms with E-state index in [1.165, 1.54) is 5.56 Å². The monoisotopic (exact) mass is 552 g/mol. The van der Waals surface area contributed by atoms with Crippen molar-refractivity contribution in [1.29, 1.82) is 0 Å². The number of nitrogens with one attached hydrogen (secondary N) is 1. The fourth-order valence-electron chi connectivity index (χ4n) is 4.00. The third kappa shape index (κ3) is 5.36. The number of pyridine rings is 1. The summed E-state index contributed by atoms with van der Waals surface area (Å²) >= 11 is 0. The lowest BCUT2D eigenvalue weighted by Crippen LogP contribution is -2.57. The molecule has 1 unspecified atom stereocenters. The number of carbonyl (C=O) groups is 1. The molecule has 0 aliphatic carbocycles. The van der Waals surface area contributed by atoms with Gasteiger partial charge in [0.15, 0.2) is 5.96 Å². The van der Waals surface area contributed by atoms with Crippen molar-refractivity contribution >= 4 is 52.8 Å². The van der Waals surface area contributed by atoms with Gasteiger partial charge in [0, 0.05) is 45.7 Å². The molecule has 0 saturated carbocycles. The predicted molar refractivity (Wildman–Crippen MR) is 139 cm³/mol. The zero-order valence-corrected chi connectivity index (χ0v) is 21.8. The van der Waals surface area contributed by atoms with E-state index >= 15 is 0 Å². The molecule has 1 aromatic heterocycles. The first-order chi connectivity index (χ1) is 14.7. The Kier molecular flexibility index (Phi) is 7.36. The van der Waals surface area contributed by atoms with Crippen molar-refractivity contribution in [2.75, 3.05) is 45.2 Å². The second-order valence-corrected chi connectivity index (χ2v) is 9.34. The topological polar surface area (TPSA) is 73.3 Å². The number of rotatable bonds is 3. The highest BCUT2D eigenvalue weighted by atomic mass is 127. The summed E-state index contributed by atoms with van der Waals surface area (Å²) in [5.74, 6) is 1.84. The van der Waals surface area contributed by atoms with Crippen LogP contribution in [0, 0.1) is 0 Å². The predicted octanol–water partition coefficient (Wildman–Crippen LogP) is 3.30. The van der Waals surface area contributed by atoms with Gasteiger partial charge in [0.1, 0.15) is 11.4 Å². The number of anilines is 1. The molecule has 8 nitrogen and oxygen atoms in total. The first kappa shape index (κ1) is 24.3. The molecule has 1 aromatic carbocycles.